The molecule has 0 aromatic heterocycles. The topological polar surface area (TPSA) is 76.7 Å². The maximum atomic E-state index is 12.8. The Kier molecular flexibility index (Phi) is 5.69. The molecular formula is C20H28N2O4. The van der Waals surface area contributed by atoms with Gasteiger partial charge < -0.3 is 20.1 Å². The zero-order valence-corrected chi connectivity index (χ0v) is 15.6. The quantitative estimate of drug-likeness (QED) is 0.603. The minimum Gasteiger partial charge on any atom is -0.497 e. The van der Waals surface area contributed by atoms with Gasteiger partial charge in [-0.1, -0.05) is 25.7 Å². The summed E-state index contributed by atoms with van der Waals surface area (Å²) in [6.07, 6.45) is 7.94. The second-order valence-corrected chi connectivity index (χ2v) is 7.26. The molecule has 2 saturated carbocycles. The fourth-order valence-corrected chi connectivity index (χ4v) is 3.58. The van der Waals surface area contributed by atoms with Gasteiger partial charge in [0.2, 0.25) is 11.8 Å². The third-order valence-electron chi connectivity index (χ3n) is 5.46. The van der Waals surface area contributed by atoms with E-state index in [0.29, 0.717) is 30.0 Å². The largest absolute Gasteiger partial charge is 0.497 e. The lowest BCUT2D eigenvalue weighted by atomic mass is 10.0. The lowest BCUT2D eigenvalue weighted by molar-refractivity contribution is -0.134. The highest BCUT2D eigenvalue weighted by Gasteiger charge is 2.56. The second-order valence-electron chi connectivity index (χ2n) is 7.26. The van der Waals surface area contributed by atoms with Crippen LogP contribution in [0.5, 0.6) is 11.5 Å². The molecule has 0 bridgehead atoms. The number of ether oxygens (including phenoxy) is 2. The maximum Gasteiger partial charge on any atom is 0.240 e. The smallest absolute Gasteiger partial charge is 0.240 e. The second kappa shape index (κ2) is 7.98. The highest BCUT2D eigenvalue weighted by molar-refractivity contribution is 6.13. The van der Waals surface area contributed by atoms with E-state index in [1.807, 2.05) is 0 Å². The van der Waals surface area contributed by atoms with Crippen LogP contribution in [0.4, 0.5) is 5.69 Å². The van der Waals surface area contributed by atoms with Crippen molar-refractivity contribution in [1.82, 2.24) is 5.32 Å². The summed E-state index contributed by atoms with van der Waals surface area (Å²) < 4.78 is 10.5. The first kappa shape index (κ1) is 18.5. The van der Waals surface area contributed by atoms with Crippen LogP contribution in [0.1, 0.15) is 51.4 Å². The Bertz CT molecular complexity index is 662. The molecule has 0 saturated heterocycles. The first-order chi connectivity index (χ1) is 12.6. The molecule has 26 heavy (non-hydrogen) atoms. The molecule has 2 fully saturated rings. The monoisotopic (exact) mass is 360 g/mol. The van der Waals surface area contributed by atoms with E-state index in [4.69, 9.17) is 9.47 Å². The third kappa shape index (κ3) is 3.94. The van der Waals surface area contributed by atoms with Crippen LogP contribution in [0, 0.1) is 5.41 Å². The molecule has 0 unspecified atom stereocenters. The molecule has 6 heteroatoms. The number of carbonyl (C=O) groups excluding carboxylic acids is 2. The van der Waals surface area contributed by atoms with Crippen molar-refractivity contribution in [2.24, 2.45) is 5.41 Å². The summed E-state index contributed by atoms with van der Waals surface area (Å²) in [4.78, 5) is 25.6. The Balaban J connectivity index is 1.68. The number of nitrogens with one attached hydrogen (secondary N) is 2. The highest BCUT2D eigenvalue weighted by atomic mass is 16.5. The van der Waals surface area contributed by atoms with Crippen LogP contribution in [-0.2, 0) is 9.59 Å². The fraction of sp³-hybridized carbons (Fsp3) is 0.600. The molecule has 6 nitrogen and oxygen atoms in total. The number of hydrogen-bond donors (Lipinski definition) is 2. The van der Waals surface area contributed by atoms with Crippen LogP contribution in [0.15, 0.2) is 18.2 Å². The van der Waals surface area contributed by atoms with Gasteiger partial charge in [0.25, 0.3) is 0 Å². The molecule has 2 aliphatic carbocycles. The van der Waals surface area contributed by atoms with Crippen molar-refractivity contribution in [3.8, 4) is 11.5 Å². The molecule has 0 radical (unpaired) electrons. The van der Waals surface area contributed by atoms with Crippen LogP contribution in [0.25, 0.3) is 0 Å². The van der Waals surface area contributed by atoms with Gasteiger partial charge in [-0.3, -0.25) is 9.59 Å². The average Bonchev–Trinajstić information content (AvgIpc) is 3.47. The van der Waals surface area contributed by atoms with Crippen LogP contribution in [0.3, 0.4) is 0 Å². The normalized spacial score (nSPS) is 19.2. The maximum absolute atomic E-state index is 12.8. The van der Waals surface area contributed by atoms with Crippen molar-refractivity contribution in [3.05, 3.63) is 18.2 Å². The predicted octanol–water partition coefficient (Wildman–Crippen LogP) is 3.26. The van der Waals surface area contributed by atoms with Crippen molar-refractivity contribution in [3.63, 3.8) is 0 Å². The summed E-state index contributed by atoms with van der Waals surface area (Å²) in [5.41, 5.74) is -0.425. The van der Waals surface area contributed by atoms with Gasteiger partial charge in [-0.15, -0.1) is 0 Å². The summed E-state index contributed by atoms with van der Waals surface area (Å²) in [6, 6.07) is 5.40. The molecule has 3 rings (SSSR count). The van der Waals surface area contributed by atoms with Gasteiger partial charge in [-0.25, -0.2) is 0 Å². The summed E-state index contributed by atoms with van der Waals surface area (Å²) in [7, 11) is 3.11. The van der Waals surface area contributed by atoms with Gasteiger partial charge in [0.15, 0.2) is 0 Å². The standard InChI is InChI=1S/C20H28N2O4/c1-25-15-9-10-17(26-2)16(13-15)22-19(24)20(11-12-20)18(23)21-14-7-5-3-4-6-8-14/h9-10,13-14H,3-8,11-12H2,1-2H3,(H,21,23)(H,22,24). The number of anilines is 1. The van der Waals surface area contributed by atoms with Gasteiger partial charge in [-0.05, 0) is 37.8 Å². The van der Waals surface area contributed by atoms with Crippen molar-refractivity contribution < 1.29 is 19.1 Å². The van der Waals surface area contributed by atoms with Crippen LogP contribution >= 0.6 is 0 Å². The molecule has 0 aliphatic heterocycles. The van der Waals surface area contributed by atoms with Gasteiger partial charge in [0, 0.05) is 12.1 Å². The molecule has 142 valence electrons. The van der Waals surface area contributed by atoms with Gasteiger partial charge in [0.1, 0.15) is 16.9 Å². The molecule has 1 aromatic carbocycles. The average molecular weight is 360 g/mol. The zero-order chi connectivity index (χ0) is 18.6. The molecule has 0 heterocycles. The van der Waals surface area contributed by atoms with Crippen LogP contribution in [0.2, 0.25) is 0 Å². The number of rotatable bonds is 6. The first-order valence-electron chi connectivity index (χ1n) is 9.43. The van der Waals surface area contributed by atoms with Gasteiger partial charge in [-0.2, -0.15) is 0 Å². The fourth-order valence-electron chi connectivity index (χ4n) is 3.58. The van der Waals surface area contributed by atoms with Crippen molar-refractivity contribution in [2.45, 2.75) is 57.4 Å². The van der Waals surface area contributed by atoms with E-state index in [-0.39, 0.29) is 17.9 Å². The van der Waals surface area contributed by atoms with Crippen LogP contribution in [-0.4, -0.2) is 32.1 Å². The third-order valence-corrected chi connectivity index (χ3v) is 5.46. The van der Waals surface area contributed by atoms with E-state index in [1.54, 1.807) is 32.4 Å². The summed E-state index contributed by atoms with van der Waals surface area (Å²) in [6.45, 7) is 0. The lowest BCUT2D eigenvalue weighted by Crippen LogP contribution is -2.44. The molecular weight excluding hydrogens is 332 g/mol. The van der Waals surface area contributed by atoms with Crippen molar-refractivity contribution in [1.29, 1.82) is 0 Å². The summed E-state index contributed by atoms with van der Waals surface area (Å²) >= 11 is 0. The predicted molar refractivity (Wildman–Crippen MR) is 99.5 cm³/mol. The number of amides is 2. The Hall–Kier alpha value is -2.24. The SMILES string of the molecule is COc1ccc(OC)c(NC(=O)C2(C(=O)NC3CCCCCC3)CC2)c1. The van der Waals surface area contributed by atoms with E-state index < -0.39 is 5.41 Å². The van der Waals surface area contributed by atoms with E-state index in [0.717, 1.165) is 25.7 Å². The number of benzene rings is 1. The van der Waals surface area contributed by atoms with Crippen molar-refractivity contribution in [2.75, 3.05) is 19.5 Å². The minimum absolute atomic E-state index is 0.135. The molecule has 1 aromatic rings. The highest BCUT2D eigenvalue weighted by Crippen LogP contribution is 2.47. The minimum atomic E-state index is -0.944. The number of methoxy groups -OCH3 is 2. The Morgan fingerprint density at radius 1 is 1.00 bits per heavy atom. The summed E-state index contributed by atoms with van der Waals surface area (Å²) in [5, 5.41) is 5.99. The molecule has 2 amide bonds. The van der Waals surface area contributed by atoms with Gasteiger partial charge in [0.05, 0.1) is 19.9 Å². The molecule has 0 atom stereocenters. The zero-order valence-electron chi connectivity index (χ0n) is 15.6. The van der Waals surface area contributed by atoms with E-state index in [2.05, 4.69) is 10.6 Å². The van der Waals surface area contributed by atoms with Crippen molar-refractivity contribution >= 4 is 17.5 Å². The lowest BCUT2D eigenvalue weighted by Gasteiger charge is -2.21. The summed E-state index contributed by atoms with van der Waals surface area (Å²) in [5.74, 6) is 0.756. The molecule has 2 aliphatic rings. The van der Waals surface area contributed by atoms with E-state index >= 15 is 0 Å². The molecule has 0 spiro atoms. The van der Waals surface area contributed by atoms with Gasteiger partial charge >= 0.3 is 0 Å². The number of carbonyl (C=O) groups is 2. The number of hydrogen-bond acceptors (Lipinski definition) is 4. The first-order valence-corrected chi connectivity index (χ1v) is 9.43. The molecule has 2 N–H and O–H groups in total. The van der Waals surface area contributed by atoms with E-state index in [1.165, 1.54) is 12.8 Å². The Labute approximate surface area is 154 Å². The Morgan fingerprint density at radius 3 is 2.27 bits per heavy atom. The van der Waals surface area contributed by atoms with E-state index in [9.17, 15) is 9.59 Å². The Morgan fingerprint density at radius 2 is 1.69 bits per heavy atom. The van der Waals surface area contributed by atoms with Crippen LogP contribution < -0.4 is 20.1 Å².